The van der Waals surface area contributed by atoms with Crippen LogP contribution in [0, 0.1) is 0 Å². The molecule has 0 amide bonds. The lowest BCUT2D eigenvalue weighted by Crippen LogP contribution is -1.83. The van der Waals surface area contributed by atoms with E-state index in [0.717, 1.165) is 15.6 Å². The topological polar surface area (TPSA) is 20.2 Å². The van der Waals surface area contributed by atoms with Gasteiger partial charge in [-0.05, 0) is 24.1 Å². The van der Waals surface area contributed by atoms with Crippen molar-refractivity contribution in [3.8, 4) is 0 Å². The maximum absolute atomic E-state index is 8.70. The molecule has 0 aliphatic heterocycles. The third kappa shape index (κ3) is 2.19. The van der Waals surface area contributed by atoms with Crippen molar-refractivity contribution in [3.63, 3.8) is 0 Å². The smallest absolute Gasteiger partial charge is 0.0618 e. The van der Waals surface area contributed by atoms with Crippen LogP contribution >= 0.6 is 15.9 Å². The Morgan fingerprint density at radius 1 is 1.50 bits per heavy atom. The summed E-state index contributed by atoms with van der Waals surface area (Å²) in [6, 6.07) is 7.96. The fourth-order valence-corrected chi connectivity index (χ4v) is 1.63. The number of allylic oxidation sites excluding steroid dienone is 1. The summed E-state index contributed by atoms with van der Waals surface area (Å²) in [5, 5.41) is 8.70. The van der Waals surface area contributed by atoms with Crippen LogP contribution in [0.3, 0.4) is 0 Å². The Balaban J connectivity index is 3.02. The largest absolute Gasteiger partial charge is 0.392 e. The number of benzene rings is 1. The van der Waals surface area contributed by atoms with Gasteiger partial charge in [0.1, 0.15) is 0 Å². The lowest BCUT2D eigenvalue weighted by molar-refractivity contribution is 0.343. The van der Waals surface area contributed by atoms with Gasteiger partial charge in [0, 0.05) is 4.47 Å². The normalized spacial score (nSPS) is 11.8. The van der Waals surface area contributed by atoms with Gasteiger partial charge in [0.05, 0.1) is 6.61 Å². The molecule has 1 nitrogen and oxygen atoms in total. The second-order valence-corrected chi connectivity index (χ2v) is 3.40. The van der Waals surface area contributed by atoms with Gasteiger partial charge in [-0.15, -0.1) is 0 Å². The van der Waals surface area contributed by atoms with Crippen molar-refractivity contribution in [2.24, 2.45) is 0 Å². The fourth-order valence-electron chi connectivity index (χ4n) is 1.03. The van der Waals surface area contributed by atoms with Gasteiger partial charge in [0.2, 0.25) is 0 Å². The minimum Gasteiger partial charge on any atom is -0.392 e. The molecule has 1 N–H and O–H groups in total. The number of halogens is 1. The molecule has 0 spiro atoms. The molecule has 0 unspecified atom stereocenters. The first-order valence-corrected chi connectivity index (χ1v) is 4.57. The zero-order chi connectivity index (χ0) is 8.97. The summed E-state index contributed by atoms with van der Waals surface area (Å²) in [6.45, 7) is 2.07. The average Bonchev–Trinajstić information content (AvgIpc) is 2.05. The summed E-state index contributed by atoms with van der Waals surface area (Å²) < 4.78 is 1.06. The molecule has 1 aromatic rings. The highest BCUT2D eigenvalue weighted by molar-refractivity contribution is 9.10. The van der Waals surface area contributed by atoms with Gasteiger partial charge in [0.15, 0.2) is 0 Å². The molecule has 64 valence electrons. The molecule has 0 bridgehead atoms. The third-order valence-electron chi connectivity index (χ3n) is 1.70. The zero-order valence-electron chi connectivity index (χ0n) is 6.92. The van der Waals surface area contributed by atoms with E-state index in [1.54, 1.807) is 6.08 Å². The maximum Gasteiger partial charge on any atom is 0.0618 e. The van der Waals surface area contributed by atoms with Crippen LogP contribution in [0.4, 0.5) is 0 Å². The summed E-state index contributed by atoms with van der Waals surface area (Å²) in [4.78, 5) is 0. The summed E-state index contributed by atoms with van der Waals surface area (Å²) in [5.74, 6) is 0. The van der Waals surface area contributed by atoms with E-state index in [1.165, 1.54) is 0 Å². The standard InChI is InChI=1S/C10H11BrO/c1-8(6-7-12)9-4-2-3-5-10(9)11/h2-6,12H,7H2,1H3. The maximum atomic E-state index is 8.70. The Hall–Kier alpha value is -0.600. The van der Waals surface area contributed by atoms with Gasteiger partial charge < -0.3 is 5.11 Å². The Labute approximate surface area is 80.9 Å². The van der Waals surface area contributed by atoms with Crippen molar-refractivity contribution in [2.45, 2.75) is 6.92 Å². The molecule has 0 saturated carbocycles. The molecule has 1 rings (SSSR count). The van der Waals surface area contributed by atoms with Gasteiger partial charge >= 0.3 is 0 Å². The van der Waals surface area contributed by atoms with Crippen molar-refractivity contribution in [2.75, 3.05) is 6.61 Å². The Morgan fingerprint density at radius 2 is 2.17 bits per heavy atom. The second-order valence-electron chi connectivity index (χ2n) is 2.55. The van der Waals surface area contributed by atoms with Crippen molar-refractivity contribution in [3.05, 3.63) is 40.4 Å². The molecule has 0 aliphatic carbocycles. The molecular formula is C10H11BrO. The van der Waals surface area contributed by atoms with Gasteiger partial charge in [-0.3, -0.25) is 0 Å². The first-order chi connectivity index (χ1) is 5.75. The summed E-state index contributed by atoms with van der Waals surface area (Å²) in [7, 11) is 0. The monoisotopic (exact) mass is 226 g/mol. The number of hydrogen-bond donors (Lipinski definition) is 1. The molecule has 2 heteroatoms. The van der Waals surface area contributed by atoms with Gasteiger partial charge in [0.25, 0.3) is 0 Å². The molecule has 0 fully saturated rings. The van der Waals surface area contributed by atoms with Crippen LogP contribution in [0.5, 0.6) is 0 Å². The van der Waals surface area contributed by atoms with Crippen LogP contribution < -0.4 is 0 Å². The predicted molar refractivity (Wildman–Crippen MR) is 54.9 cm³/mol. The molecular weight excluding hydrogens is 216 g/mol. The molecule has 0 aromatic heterocycles. The predicted octanol–water partition coefficient (Wildman–Crippen LogP) is 2.84. The van der Waals surface area contributed by atoms with Crippen LogP contribution in [0.25, 0.3) is 5.57 Å². The molecule has 0 radical (unpaired) electrons. The van der Waals surface area contributed by atoms with Crippen molar-refractivity contribution >= 4 is 21.5 Å². The highest BCUT2D eigenvalue weighted by Gasteiger charge is 1.98. The van der Waals surface area contributed by atoms with E-state index in [9.17, 15) is 0 Å². The van der Waals surface area contributed by atoms with E-state index < -0.39 is 0 Å². The van der Waals surface area contributed by atoms with Gasteiger partial charge in [-0.1, -0.05) is 40.2 Å². The van der Waals surface area contributed by atoms with Crippen molar-refractivity contribution in [1.82, 2.24) is 0 Å². The van der Waals surface area contributed by atoms with E-state index in [0.29, 0.717) is 0 Å². The second kappa shape index (κ2) is 4.43. The van der Waals surface area contributed by atoms with E-state index in [-0.39, 0.29) is 6.61 Å². The first kappa shape index (κ1) is 9.49. The Bertz CT molecular complexity index is 292. The molecule has 1 aromatic carbocycles. The van der Waals surface area contributed by atoms with Crippen LogP contribution in [0.15, 0.2) is 34.8 Å². The van der Waals surface area contributed by atoms with E-state index in [1.807, 2.05) is 31.2 Å². The van der Waals surface area contributed by atoms with Crippen molar-refractivity contribution < 1.29 is 5.11 Å². The van der Waals surface area contributed by atoms with Gasteiger partial charge in [-0.2, -0.15) is 0 Å². The summed E-state index contributed by atoms with van der Waals surface area (Å²) in [5.41, 5.74) is 2.22. The number of hydrogen-bond acceptors (Lipinski definition) is 1. The van der Waals surface area contributed by atoms with Crippen LogP contribution in [-0.2, 0) is 0 Å². The summed E-state index contributed by atoms with van der Waals surface area (Å²) in [6.07, 6.45) is 1.79. The highest BCUT2D eigenvalue weighted by atomic mass is 79.9. The van der Waals surface area contributed by atoms with Crippen molar-refractivity contribution in [1.29, 1.82) is 0 Å². The SMILES string of the molecule is CC(=CCO)c1ccccc1Br. The first-order valence-electron chi connectivity index (χ1n) is 3.78. The Morgan fingerprint density at radius 3 is 2.75 bits per heavy atom. The number of aliphatic hydroxyl groups is 1. The van der Waals surface area contributed by atoms with E-state index in [2.05, 4.69) is 15.9 Å². The molecule has 12 heavy (non-hydrogen) atoms. The highest BCUT2D eigenvalue weighted by Crippen LogP contribution is 2.22. The Kier molecular flexibility index (Phi) is 3.50. The lowest BCUT2D eigenvalue weighted by atomic mass is 10.1. The third-order valence-corrected chi connectivity index (χ3v) is 2.39. The van der Waals surface area contributed by atoms with E-state index >= 15 is 0 Å². The lowest BCUT2D eigenvalue weighted by Gasteiger charge is -2.02. The van der Waals surface area contributed by atoms with Gasteiger partial charge in [-0.25, -0.2) is 0 Å². The minimum atomic E-state index is 0.0904. The quantitative estimate of drug-likeness (QED) is 0.823. The number of aliphatic hydroxyl groups excluding tert-OH is 1. The molecule has 0 atom stereocenters. The fraction of sp³-hybridized carbons (Fsp3) is 0.200. The van der Waals surface area contributed by atoms with E-state index in [4.69, 9.17) is 5.11 Å². The molecule has 0 aliphatic rings. The molecule has 0 saturated heterocycles. The number of rotatable bonds is 2. The zero-order valence-corrected chi connectivity index (χ0v) is 8.51. The summed E-state index contributed by atoms with van der Waals surface area (Å²) >= 11 is 3.44. The van der Waals surface area contributed by atoms with Crippen LogP contribution in [0.1, 0.15) is 12.5 Å². The average molecular weight is 227 g/mol. The van der Waals surface area contributed by atoms with Crippen LogP contribution in [-0.4, -0.2) is 11.7 Å². The minimum absolute atomic E-state index is 0.0904. The molecule has 0 heterocycles. The van der Waals surface area contributed by atoms with Crippen LogP contribution in [0.2, 0.25) is 0 Å².